The lowest BCUT2D eigenvalue weighted by Crippen LogP contribution is -2.18. The molecular formula is C15H17NO3. The van der Waals surface area contributed by atoms with Crippen molar-refractivity contribution >= 4 is 5.78 Å². The molecule has 0 fully saturated rings. The van der Waals surface area contributed by atoms with E-state index in [4.69, 9.17) is 14.7 Å². The van der Waals surface area contributed by atoms with Crippen molar-refractivity contribution in [2.45, 2.75) is 20.3 Å². The van der Waals surface area contributed by atoms with Gasteiger partial charge in [-0.1, -0.05) is 13.8 Å². The van der Waals surface area contributed by atoms with E-state index in [1.165, 1.54) is 0 Å². The van der Waals surface area contributed by atoms with Crippen LogP contribution in [0.1, 0.15) is 30.6 Å². The van der Waals surface area contributed by atoms with Crippen LogP contribution in [-0.2, 0) is 0 Å². The molecule has 0 N–H and O–H groups in total. The minimum absolute atomic E-state index is 0.00604. The summed E-state index contributed by atoms with van der Waals surface area (Å²) in [6, 6.07) is 7.18. The molecular weight excluding hydrogens is 242 g/mol. The number of fused-ring (bicyclic) bond motifs is 1. The highest BCUT2D eigenvalue weighted by Gasteiger charge is 2.24. The maximum absolute atomic E-state index is 12.3. The Bertz CT molecular complexity index is 517. The van der Waals surface area contributed by atoms with Crippen LogP contribution in [0, 0.1) is 23.2 Å². The van der Waals surface area contributed by atoms with Gasteiger partial charge in [0.25, 0.3) is 0 Å². The van der Waals surface area contributed by atoms with E-state index >= 15 is 0 Å². The van der Waals surface area contributed by atoms with Gasteiger partial charge in [-0.25, -0.2) is 0 Å². The average Bonchev–Trinajstić information content (AvgIpc) is 2.63. The Morgan fingerprint density at radius 1 is 1.26 bits per heavy atom. The molecule has 19 heavy (non-hydrogen) atoms. The summed E-state index contributed by atoms with van der Waals surface area (Å²) in [5.74, 6) is 0.460. The van der Waals surface area contributed by atoms with Crippen LogP contribution in [0.15, 0.2) is 18.2 Å². The number of ether oxygens (including phenoxy) is 2. The van der Waals surface area contributed by atoms with Crippen LogP contribution in [0.25, 0.3) is 0 Å². The first-order valence-electron chi connectivity index (χ1n) is 6.47. The van der Waals surface area contributed by atoms with Crippen molar-refractivity contribution in [1.82, 2.24) is 0 Å². The van der Waals surface area contributed by atoms with Crippen LogP contribution in [0.2, 0.25) is 0 Å². The maximum Gasteiger partial charge on any atom is 0.180 e. The SMILES string of the molecule is CC(C)C(C#N)C(=O)c1ccc2c(c1)OCCCO2. The van der Waals surface area contributed by atoms with Gasteiger partial charge in [0.2, 0.25) is 0 Å². The van der Waals surface area contributed by atoms with Crippen LogP contribution < -0.4 is 9.47 Å². The average molecular weight is 259 g/mol. The Morgan fingerprint density at radius 2 is 1.95 bits per heavy atom. The third-order valence-corrected chi connectivity index (χ3v) is 3.12. The van der Waals surface area contributed by atoms with E-state index < -0.39 is 5.92 Å². The largest absolute Gasteiger partial charge is 0.490 e. The molecule has 0 aromatic heterocycles. The number of hydrogen-bond acceptors (Lipinski definition) is 4. The monoisotopic (exact) mass is 259 g/mol. The van der Waals surface area contributed by atoms with Gasteiger partial charge in [-0.05, 0) is 24.1 Å². The van der Waals surface area contributed by atoms with E-state index in [0.717, 1.165) is 6.42 Å². The number of nitrogens with zero attached hydrogens (tertiary/aromatic N) is 1. The molecule has 2 rings (SSSR count). The zero-order valence-corrected chi connectivity index (χ0v) is 11.2. The highest BCUT2D eigenvalue weighted by atomic mass is 16.5. The number of hydrogen-bond donors (Lipinski definition) is 0. The van der Waals surface area contributed by atoms with Crippen molar-refractivity contribution in [1.29, 1.82) is 5.26 Å². The fourth-order valence-corrected chi connectivity index (χ4v) is 2.01. The second-order valence-electron chi connectivity index (χ2n) is 4.93. The maximum atomic E-state index is 12.3. The number of carbonyl (C=O) groups is 1. The summed E-state index contributed by atoms with van der Waals surface area (Å²) < 4.78 is 11.1. The molecule has 0 saturated heterocycles. The second kappa shape index (κ2) is 5.75. The van der Waals surface area contributed by atoms with E-state index in [1.807, 2.05) is 13.8 Å². The first-order valence-corrected chi connectivity index (χ1v) is 6.47. The predicted octanol–water partition coefficient (Wildman–Crippen LogP) is 2.83. The molecule has 0 amide bonds. The summed E-state index contributed by atoms with van der Waals surface area (Å²) in [5, 5.41) is 9.08. The lowest BCUT2D eigenvalue weighted by Gasteiger charge is -2.13. The first kappa shape index (κ1) is 13.4. The minimum atomic E-state index is -0.621. The Labute approximate surface area is 112 Å². The van der Waals surface area contributed by atoms with Crippen molar-refractivity contribution in [3.05, 3.63) is 23.8 Å². The van der Waals surface area contributed by atoms with Gasteiger partial charge in [0.1, 0.15) is 5.92 Å². The van der Waals surface area contributed by atoms with Gasteiger partial charge in [0, 0.05) is 12.0 Å². The van der Waals surface area contributed by atoms with Gasteiger partial charge in [-0.3, -0.25) is 4.79 Å². The quantitative estimate of drug-likeness (QED) is 0.783. The van der Waals surface area contributed by atoms with Crippen LogP contribution in [0.4, 0.5) is 0 Å². The van der Waals surface area contributed by atoms with Crippen molar-refractivity contribution in [3.8, 4) is 17.6 Å². The Hall–Kier alpha value is -2.02. The predicted molar refractivity (Wildman–Crippen MR) is 70.3 cm³/mol. The van der Waals surface area contributed by atoms with Crippen LogP contribution >= 0.6 is 0 Å². The van der Waals surface area contributed by atoms with E-state index in [1.54, 1.807) is 18.2 Å². The summed E-state index contributed by atoms with van der Waals surface area (Å²) in [5.41, 5.74) is 0.504. The van der Waals surface area contributed by atoms with E-state index in [-0.39, 0.29) is 11.7 Å². The van der Waals surface area contributed by atoms with E-state index in [9.17, 15) is 4.79 Å². The Balaban J connectivity index is 2.29. The number of nitriles is 1. The number of ketones is 1. The second-order valence-corrected chi connectivity index (χ2v) is 4.93. The number of carbonyl (C=O) groups excluding carboxylic acids is 1. The first-order chi connectivity index (χ1) is 9.13. The molecule has 1 aromatic carbocycles. The number of Topliss-reactive ketones (excluding diaryl/α,β-unsaturated/α-hetero) is 1. The number of rotatable bonds is 3. The third kappa shape index (κ3) is 2.87. The molecule has 100 valence electrons. The molecule has 4 heteroatoms. The zero-order valence-electron chi connectivity index (χ0n) is 11.2. The van der Waals surface area contributed by atoms with E-state index in [0.29, 0.717) is 30.3 Å². The normalized spacial score (nSPS) is 15.5. The lowest BCUT2D eigenvalue weighted by molar-refractivity contribution is 0.0924. The summed E-state index contributed by atoms with van der Waals surface area (Å²) in [6.07, 6.45) is 0.824. The highest BCUT2D eigenvalue weighted by molar-refractivity contribution is 6.00. The van der Waals surface area contributed by atoms with Crippen molar-refractivity contribution in [2.75, 3.05) is 13.2 Å². The smallest absolute Gasteiger partial charge is 0.180 e. The summed E-state index contributed by atoms with van der Waals surface area (Å²) in [6.45, 7) is 4.94. The standard InChI is InChI=1S/C15H17NO3/c1-10(2)12(9-16)15(17)11-4-5-13-14(8-11)19-7-3-6-18-13/h4-5,8,10,12H,3,6-7H2,1-2H3. The fraction of sp³-hybridized carbons (Fsp3) is 0.467. The molecule has 0 bridgehead atoms. The fourth-order valence-electron chi connectivity index (χ4n) is 2.01. The molecule has 4 nitrogen and oxygen atoms in total. The molecule has 1 atom stereocenters. The molecule has 0 aliphatic carbocycles. The van der Waals surface area contributed by atoms with Gasteiger partial charge in [-0.2, -0.15) is 5.26 Å². The highest BCUT2D eigenvalue weighted by Crippen LogP contribution is 2.31. The van der Waals surface area contributed by atoms with Gasteiger partial charge >= 0.3 is 0 Å². The third-order valence-electron chi connectivity index (χ3n) is 3.12. The van der Waals surface area contributed by atoms with Gasteiger partial charge < -0.3 is 9.47 Å². The lowest BCUT2D eigenvalue weighted by atomic mass is 9.89. The van der Waals surface area contributed by atoms with Crippen LogP contribution in [0.3, 0.4) is 0 Å². The van der Waals surface area contributed by atoms with Crippen molar-refractivity contribution in [3.63, 3.8) is 0 Å². The molecule has 1 heterocycles. The van der Waals surface area contributed by atoms with E-state index in [2.05, 4.69) is 6.07 Å². The van der Waals surface area contributed by atoms with Gasteiger partial charge in [0.15, 0.2) is 17.3 Å². The van der Waals surface area contributed by atoms with Crippen molar-refractivity contribution < 1.29 is 14.3 Å². The Morgan fingerprint density at radius 3 is 2.58 bits per heavy atom. The van der Waals surface area contributed by atoms with Crippen molar-refractivity contribution in [2.24, 2.45) is 11.8 Å². The zero-order chi connectivity index (χ0) is 13.8. The summed E-state index contributed by atoms with van der Waals surface area (Å²) in [7, 11) is 0. The number of benzene rings is 1. The molecule has 1 unspecified atom stereocenters. The molecule has 0 spiro atoms. The van der Waals surface area contributed by atoms with Crippen LogP contribution in [-0.4, -0.2) is 19.0 Å². The molecule has 0 radical (unpaired) electrons. The van der Waals surface area contributed by atoms with Gasteiger partial charge in [-0.15, -0.1) is 0 Å². The molecule has 1 aliphatic rings. The Kier molecular flexibility index (Phi) is 4.06. The molecule has 0 saturated carbocycles. The molecule has 1 aliphatic heterocycles. The van der Waals surface area contributed by atoms with Gasteiger partial charge in [0.05, 0.1) is 19.3 Å². The minimum Gasteiger partial charge on any atom is -0.490 e. The van der Waals surface area contributed by atoms with Crippen LogP contribution in [0.5, 0.6) is 11.5 Å². The summed E-state index contributed by atoms with van der Waals surface area (Å²) in [4.78, 5) is 12.3. The molecule has 1 aromatic rings. The summed E-state index contributed by atoms with van der Waals surface area (Å²) >= 11 is 0. The topological polar surface area (TPSA) is 59.3 Å².